The van der Waals surface area contributed by atoms with Crippen molar-refractivity contribution >= 4 is 11.6 Å². The maximum absolute atomic E-state index is 13.0. The van der Waals surface area contributed by atoms with E-state index in [1.54, 1.807) is 19.1 Å². The lowest BCUT2D eigenvalue weighted by molar-refractivity contribution is -0.384. The van der Waals surface area contributed by atoms with Crippen molar-refractivity contribution in [3.63, 3.8) is 0 Å². The van der Waals surface area contributed by atoms with Crippen molar-refractivity contribution in [3.05, 3.63) is 81.2 Å². The molecule has 3 aromatic rings. The van der Waals surface area contributed by atoms with Crippen LogP contribution in [0.4, 0.5) is 5.69 Å². The van der Waals surface area contributed by atoms with Crippen molar-refractivity contribution in [3.8, 4) is 5.69 Å². The molecule has 1 aromatic heterocycles. The molecule has 1 aliphatic carbocycles. The molecule has 1 N–H and O–H groups in total. The maximum atomic E-state index is 13.0. The number of fused-ring (bicyclic) bond motifs is 1. The predicted molar refractivity (Wildman–Crippen MR) is 112 cm³/mol. The van der Waals surface area contributed by atoms with Gasteiger partial charge in [0, 0.05) is 12.1 Å². The number of nitrogens with zero attached hydrogens (tertiary/aromatic N) is 4. The molecule has 0 radical (unpaired) electrons. The first-order valence-corrected chi connectivity index (χ1v) is 9.85. The first-order valence-electron chi connectivity index (χ1n) is 9.85. The highest BCUT2D eigenvalue weighted by molar-refractivity contribution is 5.93. The normalized spacial score (nSPS) is 17.2. The van der Waals surface area contributed by atoms with E-state index in [1.165, 1.54) is 22.4 Å². The molecule has 0 fully saturated rings. The third-order valence-electron chi connectivity index (χ3n) is 5.82. The number of nitro groups is 1. The number of benzene rings is 2. The Morgan fingerprint density at radius 1 is 1.23 bits per heavy atom. The molecule has 1 atom stereocenters. The molecular weight excluding hydrogens is 382 g/mol. The molecule has 154 valence electrons. The summed E-state index contributed by atoms with van der Waals surface area (Å²) >= 11 is 0. The monoisotopic (exact) mass is 405 g/mol. The van der Waals surface area contributed by atoms with Crippen LogP contribution in [-0.2, 0) is 5.41 Å². The summed E-state index contributed by atoms with van der Waals surface area (Å²) in [6, 6.07) is 14.2. The molecule has 1 amide bonds. The van der Waals surface area contributed by atoms with E-state index in [0.29, 0.717) is 11.4 Å². The number of hydrogen-bond donors (Lipinski definition) is 1. The molecule has 0 aliphatic heterocycles. The minimum atomic E-state index is -0.467. The molecule has 0 spiro atoms. The Labute approximate surface area is 174 Å². The molecular formula is C22H23N5O3. The average molecular weight is 405 g/mol. The van der Waals surface area contributed by atoms with E-state index in [1.807, 2.05) is 12.1 Å². The summed E-state index contributed by atoms with van der Waals surface area (Å²) in [6.45, 7) is 6.17. The van der Waals surface area contributed by atoms with Gasteiger partial charge in [-0.15, -0.1) is 5.10 Å². The minimum absolute atomic E-state index is 0.0465. The zero-order chi connectivity index (χ0) is 21.5. The Kier molecular flexibility index (Phi) is 4.85. The number of rotatable bonds is 4. The Hall–Kier alpha value is -3.55. The SMILES string of the molecule is Cc1c(C(=O)NC2CCC(C)(C)c3ccccc32)nnn1-c1cccc([N+](=O)[O-])c1. The van der Waals surface area contributed by atoms with E-state index in [0.717, 1.165) is 18.4 Å². The van der Waals surface area contributed by atoms with E-state index in [2.05, 4.69) is 41.6 Å². The second-order valence-electron chi connectivity index (χ2n) is 8.25. The van der Waals surface area contributed by atoms with E-state index < -0.39 is 4.92 Å². The molecule has 0 saturated heterocycles. The lowest BCUT2D eigenvalue weighted by Gasteiger charge is -2.37. The van der Waals surface area contributed by atoms with Gasteiger partial charge < -0.3 is 5.32 Å². The smallest absolute Gasteiger partial charge is 0.274 e. The number of non-ortho nitro benzene ring substituents is 1. The van der Waals surface area contributed by atoms with Gasteiger partial charge in [-0.05, 0) is 42.4 Å². The number of hydrogen-bond acceptors (Lipinski definition) is 5. The van der Waals surface area contributed by atoms with Gasteiger partial charge in [-0.1, -0.05) is 49.4 Å². The van der Waals surface area contributed by atoms with Crippen molar-refractivity contribution in [1.29, 1.82) is 0 Å². The summed E-state index contributed by atoms with van der Waals surface area (Å²) in [7, 11) is 0. The third kappa shape index (κ3) is 3.45. The molecule has 30 heavy (non-hydrogen) atoms. The summed E-state index contributed by atoms with van der Waals surface area (Å²) in [5, 5.41) is 22.2. The van der Waals surface area contributed by atoms with Gasteiger partial charge in [-0.25, -0.2) is 4.68 Å². The van der Waals surface area contributed by atoms with Crippen LogP contribution in [-0.4, -0.2) is 25.8 Å². The van der Waals surface area contributed by atoms with Gasteiger partial charge in [0.15, 0.2) is 5.69 Å². The zero-order valence-corrected chi connectivity index (χ0v) is 17.1. The molecule has 1 aliphatic rings. The van der Waals surface area contributed by atoms with Gasteiger partial charge in [0.2, 0.25) is 0 Å². The Balaban J connectivity index is 1.60. The largest absolute Gasteiger partial charge is 0.344 e. The fraction of sp³-hybridized carbons (Fsp3) is 0.318. The van der Waals surface area contributed by atoms with Crippen LogP contribution in [0.3, 0.4) is 0 Å². The van der Waals surface area contributed by atoms with Crippen LogP contribution in [0.25, 0.3) is 5.69 Å². The molecule has 4 rings (SSSR count). The van der Waals surface area contributed by atoms with Gasteiger partial charge in [0.25, 0.3) is 11.6 Å². The van der Waals surface area contributed by atoms with Crippen molar-refractivity contribution in [1.82, 2.24) is 20.3 Å². The van der Waals surface area contributed by atoms with E-state index in [9.17, 15) is 14.9 Å². The topological polar surface area (TPSA) is 103 Å². The van der Waals surface area contributed by atoms with Gasteiger partial charge in [0.1, 0.15) is 0 Å². The van der Waals surface area contributed by atoms with Crippen LogP contribution in [0.15, 0.2) is 48.5 Å². The summed E-state index contributed by atoms with van der Waals surface area (Å²) in [4.78, 5) is 23.6. The number of amides is 1. The van der Waals surface area contributed by atoms with Crippen molar-refractivity contribution < 1.29 is 9.72 Å². The second-order valence-corrected chi connectivity index (χ2v) is 8.25. The number of carbonyl (C=O) groups excluding carboxylic acids is 1. The Morgan fingerprint density at radius 3 is 2.77 bits per heavy atom. The van der Waals surface area contributed by atoms with Crippen LogP contribution >= 0.6 is 0 Å². The lowest BCUT2D eigenvalue weighted by Crippen LogP contribution is -2.36. The number of nitrogens with one attached hydrogen (secondary N) is 1. The standard InChI is InChI=1S/C22H23N5O3/c1-14-20(24-25-26(14)15-7-6-8-16(13-15)27(29)30)21(28)23-19-11-12-22(2,3)18-10-5-4-9-17(18)19/h4-10,13,19H,11-12H2,1-3H3,(H,23,28). The van der Waals surface area contributed by atoms with Gasteiger partial charge in [0.05, 0.1) is 22.3 Å². The highest BCUT2D eigenvalue weighted by Crippen LogP contribution is 2.41. The molecule has 0 saturated carbocycles. The molecule has 2 aromatic carbocycles. The fourth-order valence-electron chi connectivity index (χ4n) is 4.11. The Bertz CT molecular complexity index is 1140. The van der Waals surface area contributed by atoms with Crippen molar-refractivity contribution in [2.45, 2.75) is 45.1 Å². The van der Waals surface area contributed by atoms with Gasteiger partial charge in [-0.2, -0.15) is 0 Å². The summed E-state index contributed by atoms with van der Waals surface area (Å²) in [5.41, 5.74) is 3.62. The predicted octanol–water partition coefficient (Wildman–Crippen LogP) is 4.03. The van der Waals surface area contributed by atoms with E-state index >= 15 is 0 Å². The third-order valence-corrected chi connectivity index (χ3v) is 5.82. The minimum Gasteiger partial charge on any atom is -0.344 e. The van der Waals surface area contributed by atoms with Crippen LogP contribution in [0, 0.1) is 17.0 Å². The second kappa shape index (κ2) is 7.37. The number of nitro benzene ring substituents is 1. The van der Waals surface area contributed by atoms with Crippen LogP contribution in [0.2, 0.25) is 0 Å². The average Bonchev–Trinajstić information content (AvgIpc) is 3.12. The number of carbonyl (C=O) groups is 1. The molecule has 1 heterocycles. The van der Waals surface area contributed by atoms with Gasteiger partial charge >= 0.3 is 0 Å². The number of aromatic nitrogens is 3. The summed E-state index contributed by atoms with van der Waals surface area (Å²) in [5.74, 6) is -0.302. The first kappa shape index (κ1) is 19.8. The zero-order valence-electron chi connectivity index (χ0n) is 17.1. The molecule has 1 unspecified atom stereocenters. The first-order chi connectivity index (χ1) is 14.3. The van der Waals surface area contributed by atoms with Gasteiger partial charge in [-0.3, -0.25) is 14.9 Å². The van der Waals surface area contributed by atoms with Crippen molar-refractivity contribution in [2.24, 2.45) is 0 Å². The summed E-state index contributed by atoms with van der Waals surface area (Å²) in [6.07, 6.45) is 1.81. The molecule has 8 heteroatoms. The quantitative estimate of drug-likeness (QED) is 0.521. The van der Waals surface area contributed by atoms with Crippen LogP contribution in [0.5, 0.6) is 0 Å². The Morgan fingerprint density at radius 2 is 2.00 bits per heavy atom. The highest BCUT2D eigenvalue weighted by atomic mass is 16.6. The van der Waals surface area contributed by atoms with E-state index in [4.69, 9.17) is 0 Å². The van der Waals surface area contributed by atoms with Crippen LogP contribution in [0.1, 0.15) is 60.0 Å². The summed E-state index contributed by atoms with van der Waals surface area (Å²) < 4.78 is 1.44. The molecule has 8 nitrogen and oxygen atoms in total. The highest BCUT2D eigenvalue weighted by Gasteiger charge is 2.33. The molecule has 0 bridgehead atoms. The van der Waals surface area contributed by atoms with E-state index in [-0.39, 0.29) is 28.7 Å². The lowest BCUT2D eigenvalue weighted by atomic mass is 9.71. The fourth-order valence-corrected chi connectivity index (χ4v) is 4.11. The van der Waals surface area contributed by atoms with Crippen molar-refractivity contribution in [2.75, 3.05) is 0 Å². The maximum Gasteiger partial charge on any atom is 0.274 e. The van der Waals surface area contributed by atoms with Crippen LogP contribution < -0.4 is 5.32 Å².